The molecule has 0 fully saturated rings. The lowest BCUT2D eigenvalue weighted by Gasteiger charge is -2.45. The normalized spacial score (nSPS) is 15.4. The van der Waals surface area contributed by atoms with Crippen LogP contribution in [0.2, 0.25) is 0 Å². The van der Waals surface area contributed by atoms with E-state index in [1.54, 1.807) is 5.56 Å². The zero-order valence-corrected chi connectivity index (χ0v) is 25.0. The fourth-order valence-corrected chi connectivity index (χ4v) is 7.45. The molecule has 0 aromatic heterocycles. The van der Waals surface area contributed by atoms with Gasteiger partial charge in [0.1, 0.15) is 0 Å². The Morgan fingerprint density at radius 2 is 1.35 bits per heavy atom. The second-order valence-corrected chi connectivity index (χ2v) is 13.0. The third kappa shape index (κ3) is 3.77. The molecular weight excluding hydrogens is 483 g/mol. The maximum absolute atomic E-state index is 2.72. The SMILES string of the molecule is CC(C)c1ccc2c(c1)N(c1ccccc1)c1cc(C(C)C)cc3c1B2c1ccc(C(C)C)c2c1N3CCCC2. The molecule has 0 aliphatic carbocycles. The molecule has 0 saturated carbocycles. The van der Waals surface area contributed by atoms with Crippen molar-refractivity contribution >= 4 is 51.5 Å². The molecule has 0 spiro atoms. The first-order valence-corrected chi connectivity index (χ1v) is 15.4. The minimum atomic E-state index is 0.242. The van der Waals surface area contributed by atoms with Gasteiger partial charge in [-0.15, -0.1) is 0 Å². The third-order valence-electron chi connectivity index (χ3n) is 9.54. The molecule has 40 heavy (non-hydrogen) atoms. The predicted octanol–water partition coefficient (Wildman–Crippen LogP) is 8.14. The van der Waals surface area contributed by atoms with E-state index in [-0.39, 0.29) is 6.71 Å². The van der Waals surface area contributed by atoms with E-state index in [1.807, 2.05) is 0 Å². The summed E-state index contributed by atoms with van der Waals surface area (Å²) in [5, 5.41) is 0. The van der Waals surface area contributed by atoms with E-state index < -0.39 is 0 Å². The maximum atomic E-state index is 2.72. The van der Waals surface area contributed by atoms with E-state index >= 15 is 0 Å². The Hall–Kier alpha value is -3.46. The number of fused-ring (bicyclic) bond motifs is 4. The van der Waals surface area contributed by atoms with Crippen molar-refractivity contribution in [3.05, 3.63) is 95.1 Å². The third-order valence-corrected chi connectivity index (χ3v) is 9.54. The van der Waals surface area contributed by atoms with Crippen LogP contribution in [-0.4, -0.2) is 13.3 Å². The highest BCUT2D eigenvalue weighted by Gasteiger charge is 2.44. The first-order chi connectivity index (χ1) is 19.3. The highest BCUT2D eigenvalue weighted by Crippen LogP contribution is 2.45. The van der Waals surface area contributed by atoms with Crippen molar-refractivity contribution in [2.24, 2.45) is 0 Å². The summed E-state index contributed by atoms with van der Waals surface area (Å²) in [4.78, 5) is 5.29. The van der Waals surface area contributed by atoms with Gasteiger partial charge in [-0.1, -0.05) is 84.0 Å². The number of rotatable bonds is 4. The van der Waals surface area contributed by atoms with Crippen LogP contribution in [-0.2, 0) is 6.42 Å². The summed E-state index contributed by atoms with van der Waals surface area (Å²) in [5.41, 5.74) is 17.2. The summed E-state index contributed by atoms with van der Waals surface area (Å²) in [6.07, 6.45) is 3.67. The fourth-order valence-electron chi connectivity index (χ4n) is 7.45. The van der Waals surface area contributed by atoms with Gasteiger partial charge in [-0.2, -0.15) is 0 Å². The molecule has 3 heteroatoms. The quantitative estimate of drug-likeness (QED) is 0.219. The van der Waals surface area contributed by atoms with E-state index in [4.69, 9.17) is 0 Å². The molecule has 2 nitrogen and oxygen atoms in total. The van der Waals surface area contributed by atoms with Crippen LogP contribution in [0, 0.1) is 0 Å². The minimum Gasteiger partial charge on any atom is -0.342 e. The Morgan fingerprint density at radius 3 is 2.08 bits per heavy atom. The van der Waals surface area contributed by atoms with Crippen LogP contribution in [0.3, 0.4) is 0 Å². The summed E-state index contributed by atoms with van der Waals surface area (Å²) >= 11 is 0. The van der Waals surface area contributed by atoms with Gasteiger partial charge in [0, 0.05) is 35.0 Å². The standard InChI is InChI=1S/C37H41BN2/c1-23(2)26-15-17-31-33(20-26)40(28-12-8-7-9-13-28)35-22-27(24(3)4)21-34-36(35)38(31)32-18-16-29(25(5)6)30-14-10-11-19-39(34)37(30)32/h7-9,12-13,15-18,20-25H,10-11,14,19H2,1-6H3. The van der Waals surface area contributed by atoms with Crippen molar-refractivity contribution in [2.75, 3.05) is 16.3 Å². The van der Waals surface area contributed by atoms with Crippen molar-refractivity contribution < 1.29 is 0 Å². The van der Waals surface area contributed by atoms with Crippen LogP contribution < -0.4 is 26.2 Å². The van der Waals surface area contributed by atoms with Crippen LogP contribution in [0.15, 0.2) is 72.8 Å². The van der Waals surface area contributed by atoms with E-state index in [9.17, 15) is 0 Å². The van der Waals surface area contributed by atoms with Crippen molar-refractivity contribution in [3.63, 3.8) is 0 Å². The van der Waals surface area contributed by atoms with E-state index in [0.29, 0.717) is 17.8 Å². The highest BCUT2D eigenvalue weighted by molar-refractivity contribution is 7.00. The number of anilines is 5. The van der Waals surface area contributed by atoms with Crippen molar-refractivity contribution in [1.82, 2.24) is 0 Å². The highest BCUT2D eigenvalue weighted by atomic mass is 15.2. The van der Waals surface area contributed by atoms with Gasteiger partial charge < -0.3 is 9.80 Å². The predicted molar refractivity (Wildman–Crippen MR) is 174 cm³/mol. The number of hydrogen-bond donors (Lipinski definition) is 0. The van der Waals surface area contributed by atoms with Crippen molar-refractivity contribution in [1.29, 1.82) is 0 Å². The van der Waals surface area contributed by atoms with Gasteiger partial charge in [-0.05, 0) is 106 Å². The Morgan fingerprint density at radius 1 is 0.650 bits per heavy atom. The molecule has 0 radical (unpaired) electrons. The molecule has 0 atom stereocenters. The summed E-state index contributed by atoms with van der Waals surface area (Å²) in [6, 6.07) is 28.3. The average Bonchev–Trinajstić information content (AvgIpc) is 3.18. The van der Waals surface area contributed by atoms with Gasteiger partial charge in [-0.25, -0.2) is 0 Å². The molecule has 3 aliphatic heterocycles. The number of nitrogens with zero attached hydrogens (tertiary/aromatic N) is 2. The molecule has 7 rings (SSSR count). The van der Waals surface area contributed by atoms with Gasteiger partial charge in [0.15, 0.2) is 0 Å². The average molecular weight is 525 g/mol. The molecular formula is C37H41BN2. The van der Waals surface area contributed by atoms with Gasteiger partial charge in [-0.3, -0.25) is 0 Å². The molecule has 3 heterocycles. The molecule has 0 amide bonds. The zero-order chi connectivity index (χ0) is 27.7. The molecule has 4 aromatic rings. The number of para-hydroxylation sites is 1. The van der Waals surface area contributed by atoms with Crippen LogP contribution in [0.1, 0.15) is 94.4 Å². The smallest absolute Gasteiger partial charge is 0.252 e. The van der Waals surface area contributed by atoms with Crippen molar-refractivity contribution in [2.45, 2.75) is 78.6 Å². The van der Waals surface area contributed by atoms with Gasteiger partial charge in [0.2, 0.25) is 0 Å². The Kier molecular flexibility index (Phi) is 6.11. The summed E-state index contributed by atoms with van der Waals surface area (Å²) in [5.74, 6) is 1.46. The molecule has 0 N–H and O–H groups in total. The Balaban J connectivity index is 1.61. The number of hydrogen-bond acceptors (Lipinski definition) is 2. The largest absolute Gasteiger partial charge is 0.342 e. The van der Waals surface area contributed by atoms with E-state index in [1.165, 1.54) is 80.8 Å². The number of benzene rings is 4. The first-order valence-electron chi connectivity index (χ1n) is 15.4. The first kappa shape index (κ1) is 25.5. The summed E-state index contributed by atoms with van der Waals surface area (Å²) in [6.45, 7) is 15.4. The van der Waals surface area contributed by atoms with Crippen LogP contribution in [0.25, 0.3) is 0 Å². The minimum absolute atomic E-state index is 0.242. The lowest BCUT2D eigenvalue weighted by molar-refractivity contribution is 0.751. The Bertz CT molecular complexity index is 1600. The zero-order valence-electron chi connectivity index (χ0n) is 25.0. The lowest BCUT2D eigenvalue weighted by Crippen LogP contribution is -2.62. The molecule has 0 saturated heterocycles. The van der Waals surface area contributed by atoms with Gasteiger partial charge in [0.05, 0.1) is 0 Å². The van der Waals surface area contributed by atoms with Crippen LogP contribution in [0.4, 0.5) is 28.4 Å². The summed E-state index contributed by atoms with van der Waals surface area (Å²) < 4.78 is 0. The second-order valence-electron chi connectivity index (χ2n) is 13.0. The van der Waals surface area contributed by atoms with E-state index in [0.717, 1.165) is 6.54 Å². The molecule has 0 unspecified atom stereocenters. The fraction of sp³-hybridized carbons (Fsp3) is 0.351. The topological polar surface area (TPSA) is 6.48 Å². The van der Waals surface area contributed by atoms with Crippen molar-refractivity contribution in [3.8, 4) is 0 Å². The molecule has 0 bridgehead atoms. The molecule has 4 aromatic carbocycles. The van der Waals surface area contributed by atoms with Gasteiger partial charge in [0.25, 0.3) is 6.71 Å². The monoisotopic (exact) mass is 524 g/mol. The van der Waals surface area contributed by atoms with Gasteiger partial charge >= 0.3 is 0 Å². The lowest BCUT2D eigenvalue weighted by atomic mass is 9.33. The summed E-state index contributed by atoms with van der Waals surface area (Å²) in [7, 11) is 0. The maximum Gasteiger partial charge on any atom is 0.252 e. The molecule has 3 aliphatic rings. The second kappa shape index (κ2) is 9.58. The van der Waals surface area contributed by atoms with Crippen LogP contribution in [0.5, 0.6) is 0 Å². The molecule has 202 valence electrons. The van der Waals surface area contributed by atoms with E-state index in [2.05, 4.69) is 124 Å². The Labute approximate surface area is 241 Å². The van der Waals surface area contributed by atoms with Crippen LogP contribution >= 0.6 is 0 Å².